The van der Waals surface area contributed by atoms with Crippen molar-refractivity contribution in [3.05, 3.63) is 71.7 Å². The fourth-order valence-electron chi connectivity index (χ4n) is 4.94. The summed E-state index contributed by atoms with van der Waals surface area (Å²) in [6.07, 6.45) is 6.38. The van der Waals surface area contributed by atoms with Crippen LogP contribution in [0.3, 0.4) is 0 Å². The molecule has 1 spiro atoms. The van der Waals surface area contributed by atoms with Gasteiger partial charge in [0.1, 0.15) is 18.6 Å². The summed E-state index contributed by atoms with van der Waals surface area (Å²) in [4.78, 5) is 4.71. The van der Waals surface area contributed by atoms with Gasteiger partial charge in [-0.3, -0.25) is 0 Å². The maximum atomic E-state index is 14.6. The third-order valence-electron chi connectivity index (χ3n) is 6.44. The second kappa shape index (κ2) is 8.01. The molecule has 1 fully saturated rings. The third kappa shape index (κ3) is 4.17. The van der Waals surface area contributed by atoms with E-state index in [1.54, 1.807) is 12.3 Å². The Labute approximate surface area is 186 Å². The van der Waals surface area contributed by atoms with E-state index in [0.29, 0.717) is 36.4 Å². The highest BCUT2D eigenvalue weighted by Gasteiger charge is 2.41. The molecule has 8 heteroatoms. The first-order valence-corrected chi connectivity index (χ1v) is 12.6. The van der Waals surface area contributed by atoms with Crippen molar-refractivity contribution in [2.75, 3.05) is 6.26 Å². The van der Waals surface area contributed by atoms with Crippen LogP contribution in [-0.4, -0.2) is 25.7 Å². The van der Waals surface area contributed by atoms with Crippen LogP contribution in [0.1, 0.15) is 42.8 Å². The first-order valence-electron chi connectivity index (χ1n) is 10.7. The zero-order valence-electron chi connectivity index (χ0n) is 17.8. The Morgan fingerprint density at radius 3 is 2.72 bits per heavy atom. The van der Waals surface area contributed by atoms with Crippen LogP contribution in [-0.2, 0) is 28.5 Å². The minimum atomic E-state index is -3.25. The van der Waals surface area contributed by atoms with Gasteiger partial charge in [-0.2, -0.15) is 0 Å². The number of rotatable bonds is 2. The van der Waals surface area contributed by atoms with E-state index in [-0.39, 0.29) is 23.8 Å². The molecule has 1 saturated carbocycles. The summed E-state index contributed by atoms with van der Waals surface area (Å²) >= 11 is 0. The highest BCUT2D eigenvalue weighted by molar-refractivity contribution is 7.88. The Bertz CT molecular complexity index is 1250. The van der Waals surface area contributed by atoms with Gasteiger partial charge in [0.05, 0.1) is 11.7 Å². The smallest absolute Gasteiger partial charge is 0.208 e. The number of benzene rings is 2. The summed E-state index contributed by atoms with van der Waals surface area (Å²) in [5.74, 6) is 0.423. The molecule has 3 aromatic rings. The lowest BCUT2D eigenvalue weighted by molar-refractivity contribution is 0.212. The molecule has 1 N–H and O–H groups in total. The van der Waals surface area contributed by atoms with Gasteiger partial charge in [0.2, 0.25) is 15.9 Å². The van der Waals surface area contributed by atoms with Crippen molar-refractivity contribution in [2.24, 2.45) is 0 Å². The van der Waals surface area contributed by atoms with Gasteiger partial charge in [-0.25, -0.2) is 22.5 Å². The molecule has 0 atom stereocenters. The SMILES string of the molecule is CS(=O)(=O)NC1CCC2(CC1)Cc1cccc(c1)-c1cccc(F)c1OCc1coc2n1. The van der Waals surface area contributed by atoms with Gasteiger partial charge in [-0.15, -0.1) is 0 Å². The number of nitrogens with one attached hydrogen (secondary N) is 1. The molecular formula is C24H25FN2O4S. The molecule has 1 aromatic heterocycles. The molecule has 2 heterocycles. The van der Waals surface area contributed by atoms with Crippen LogP contribution in [0, 0.1) is 5.82 Å². The number of hydrogen-bond donors (Lipinski definition) is 1. The van der Waals surface area contributed by atoms with E-state index in [9.17, 15) is 12.8 Å². The predicted molar refractivity (Wildman–Crippen MR) is 118 cm³/mol. The Kier molecular flexibility index (Phi) is 5.29. The summed E-state index contributed by atoms with van der Waals surface area (Å²) < 4.78 is 52.5. The summed E-state index contributed by atoms with van der Waals surface area (Å²) in [5, 5.41) is 0. The second-order valence-corrected chi connectivity index (χ2v) is 10.7. The van der Waals surface area contributed by atoms with Gasteiger partial charge >= 0.3 is 0 Å². The van der Waals surface area contributed by atoms with Gasteiger partial charge < -0.3 is 9.15 Å². The second-order valence-electron chi connectivity index (χ2n) is 8.87. The Morgan fingerprint density at radius 1 is 1.16 bits per heavy atom. The number of para-hydroxylation sites is 1. The molecule has 1 aliphatic heterocycles. The minimum absolute atomic E-state index is 0.0871. The molecule has 0 unspecified atom stereocenters. The van der Waals surface area contributed by atoms with E-state index in [2.05, 4.69) is 16.9 Å². The van der Waals surface area contributed by atoms with E-state index in [0.717, 1.165) is 24.0 Å². The largest absolute Gasteiger partial charge is 0.483 e. The molecule has 5 rings (SSSR count). The molecule has 2 aliphatic rings. The lowest BCUT2D eigenvalue weighted by Crippen LogP contribution is -2.43. The minimum Gasteiger partial charge on any atom is -0.483 e. The highest BCUT2D eigenvalue weighted by atomic mass is 32.2. The van der Waals surface area contributed by atoms with Gasteiger partial charge in [0.25, 0.3) is 0 Å². The maximum absolute atomic E-state index is 14.6. The van der Waals surface area contributed by atoms with E-state index in [1.165, 1.54) is 12.3 Å². The molecule has 1 aliphatic carbocycles. The zero-order chi connectivity index (χ0) is 22.3. The van der Waals surface area contributed by atoms with E-state index < -0.39 is 15.8 Å². The fourth-order valence-corrected chi connectivity index (χ4v) is 5.78. The normalized spacial score (nSPS) is 23.0. The monoisotopic (exact) mass is 456 g/mol. The Balaban J connectivity index is 1.55. The van der Waals surface area contributed by atoms with Crippen LogP contribution in [0.25, 0.3) is 11.1 Å². The van der Waals surface area contributed by atoms with E-state index >= 15 is 0 Å². The van der Waals surface area contributed by atoms with Crippen molar-refractivity contribution >= 4 is 10.0 Å². The molecule has 0 saturated heterocycles. The lowest BCUT2D eigenvalue weighted by Gasteiger charge is -2.38. The third-order valence-corrected chi connectivity index (χ3v) is 7.20. The first-order chi connectivity index (χ1) is 15.3. The van der Waals surface area contributed by atoms with Gasteiger partial charge in [0.15, 0.2) is 11.6 Å². The van der Waals surface area contributed by atoms with Crippen LogP contribution in [0.15, 0.2) is 53.1 Å². The van der Waals surface area contributed by atoms with E-state index in [1.807, 2.05) is 18.2 Å². The van der Waals surface area contributed by atoms with E-state index in [4.69, 9.17) is 14.1 Å². The topological polar surface area (TPSA) is 81.4 Å². The number of halogens is 1. The van der Waals surface area contributed by atoms with Crippen molar-refractivity contribution in [1.82, 2.24) is 9.71 Å². The summed E-state index contributed by atoms with van der Waals surface area (Å²) in [6, 6.07) is 12.9. The zero-order valence-corrected chi connectivity index (χ0v) is 18.6. The van der Waals surface area contributed by atoms with Crippen molar-refractivity contribution in [3.8, 4) is 16.9 Å². The number of sulfonamides is 1. The number of hydrogen-bond acceptors (Lipinski definition) is 5. The van der Waals surface area contributed by atoms with Crippen LogP contribution in [0.5, 0.6) is 5.75 Å². The summed E-state index contributed by atoms with van der Waals surface area (Å²) in [7, 11) is -3.25. The van der Waals surface area contributed by atoms with Crippen LogP contribution in [0.4, 0.5) is 4.39 Å². The quantitative estimate of drug-likeness (QED) is 0.620. The van der Waals surface area contributed by atoms with Crippen molar-refractivity contribution in [2.45, 2.75) is 50.2 Å². The van der Waals surface area contributed by atoms with Crippen LogP contribution in [0.2, 0.25) is 0 Å². The molecule has 0 radical (unpaired) electrons. The standard InChI is InChI=1S/C24H25FN2O4S/c1-32(28,29)27-18-8-10-24(11-9-18)13-16-4-2-5-17(12-16)20-6-3-7-21(25)22(20)30-14-19-15-31-23(24)26-19/h2-7,12,15,18,27H,8-11,13-14H2,1H3. The molecule has 32 heavy (non-hydrogen) atoms. The van der Waals surface area contributed by atoms with Crippen LogP contribution < -0.4 is 9.46 Å². The van der Waals surface area contributed by atoms with Gasteiger partial charge in [-0.05, 0) is 49.3 Å². The molecule has 6 nitrogen and oxygen atoms in total. The lowest BCUT2D eigenvalue weighted by atomic mass is 9.69. The van der Waals surface area contributed by atoms with Crippen molar-refractivity contribution in [1.29, 1.82) is 0 Å². The molecule has 4 bridgehead atoms. The number of oxazole rings is 1. The average molecular weight is 457 g/mol. The predicted octanol–water partition coefficient (Wildman–Crippen LogP) is 4.35. The summed E-state index contributed by atoms with van der Waals surface area (Å²) in [6.45, 7) is 0.103. The Morgan fingerprint density at radius 2 is 1.94 bits per heavy atom. The number of fused-ring (bicyclic) bond motifs is 7. The molecule has 0 amide bonds. The van der Waals surface area contributed by atoms with Gasteiger partial charge in [-0.1, -0.05) is 36.4 Å². The first kappa shape index (κ1) is 21.2. The maximum Gasteiger partial charge on any atom is 0.208 e. The van der Waals surface area contributed by atoms with Crippen LogP contribution >= 0.6 is 0 Å². The number of nitrogens with zero attached hydrogens (tertiary/aromatic N) is 1. The molecule has 2 aromatic carbocycles. The number of ether oxygens (including phenoxy) is 1. The highest BCUT2D eigenvalue weighted by Crippen LogP contribution is 2.43. The molecule has 168 valence electrons. The number of aromatic nitrogens is 1. The summed E-state index contributed by atoms with van der Waals surface area (Å²) in [5.41, 5.74) is 2.95. The van der Waals surface area contributed by atoms with Crippen molar-refractivity contribution < 1.29 is 22.0 Å². The Hall–Kier alpha value is -2.71. The van der Waals surface area contributed by atoms with Crippen molar-refractivity contribution in [3.63, 3.8) is 0 Å². The molecular weight excluding hydrogens is 431 g/mol. The fraction of sp³-hybridized carbons (Fsp3) is 0.375. The average Bonchev–Trinajstić information content (AvgIpc) is 3.23. The van der Waals surface area contributed by atoms with Gasteiger partial charge in [0, 0.05) is 11.6 Å².